The second-order valence-electron chi connectivity index (χ2n) is 11.5. The average Bonchev–Trinajstić information content (AvgIpc) is 3.62. The highest BCUT2D eigenvalue weighted by molar-refractivity contribution is 6.16. The molecule has 0 bridgehead atoms. The van der Waals surface area contributed by atoms with Gasteiger partial charge in [-0.05, 0) is 66.2 Å². The number of hydrogen-bond acceptors (Lipinski definition) is 1. The van der Waals surface area contributed by atoms with E-state index in [0.717, 1.165) is 17.1 Å². The summed E-state index contributed by atoms with van der Waals surface area (Å²) in [6.07, 6.45) is 0. The van der Waals surface area contributed by atoms with Crippen LogP contribution in [0.2, 0.25) is 0 Å². The zero-order valence-electron chi connectivity index (χ0n) is 24.6. The lowest BCUT2D eigenvalue weighted by molar-refractivity contribution is 1.17. The van der Waals surface area contributed by atoms with Crippen LogP contribution in [0.15, 0.2) is 170 Å². The summed E-state index contributed by atoms with van der Waals surface area (Å²) in [6.45, 7) is 0. The molecule has 0 amide bonds. The van der Waals surface area contributed by atoms with E-state index in [2.05, 4.69) is 184 Å². The Morgan fingerprint density at radius 2 is 0.933 bits per heavy atom. The Kier molecular flexibility index (Phi) is 5.82. The van der Waals surface area contributed by atoms with Gasteiger partial charge in [-0.25, -0.2) is 0 Å². The number of para-hydroxylation sites is 4. The molecule has 2 heterocycles. The van der Waals surface area contributed by atoms with Crippen molar-refractivity contribution in [3.05, 3.63) is 170 Å². The van der Waals surface area contributed by atoms with Crippen LogP contribution in [0, 0.1) is 0 Å². The van der Waals surface area contributed by atoms with Crippen molar-refractivity contribution < 1.29 is 0 Å². The molecule has 1 N–H and O–H groups in total. The highest BCUT2D eigenvalue weighted by Gasteiger charge is 2.18. The van der Waals surface area contributed by atoms with Crippen LogP contribution in [-0.4, -0.2) is 9.13 Å². The Morgan fingerprint density at radius 3 is 1.76 bits per heavy atom. The Morgan fingerprint density at radius 1 is 0.356 bits per heavy atom. The van der Waals surface area contributed by atoms with Crippen molar-refractivity contribution >= 4 is 55.0 Å². The number of rotatable bonds is 5. The third-order valence-electron chi connectivity index (χ3n) is 8.91. The van der Waals surface area contributed by atoms with Gasteiger partial charge in [0.1, 0.15) is 0 Å². The molecule has 3 heteroatoms. The maximum absolute atomic E-state index is 3.83. The first-order valence-corrected chi connectivity index (χ1v) is 15.4. The summed E-state index contributed by atoms with van der Waals surface area (Å²) < 4.78 is 4.78. The van der Waals surface area contributed by atoms with Gasteiger partial charge < -0.3 is 14.5 Å². The van der Waals surface area contributed by atoms with Gasteiger partial charge in [0.25, 0.3) is 0 Å². The molecule has 212 valence electrons. The average molecular weight is 576 g/mol. The Hall–Kier alpha value is -6.06. The molecule has 0 aliphatic heterocycles. The number of fused-ring (bicyclic) bond motifs is 6. The van der Waals surface area contributed by atoms with E-state index in [9.17, 15) is 0 Å². The van der Waals surface area contributed by atoms with Crippen molar-refractivity contribution in [3.8, 4) is 22.5 Å². The molecular weight excluding hydrogens is 546 g/mol. The van der Waals surface area contributed by atoms with E-state index in [1.165, 1.54) is 60.4 Å². The van der Waals surface area contributed by atoms with Gasteiger partial charge in [0.05, 0.1) is 22.1 Å². The minimum absolute atomic E-state index is 1.09. The summed E-state index contributed by atoms with van der Waals surface area (Å²) in [6, 6.07) is 60.7. The topological polar surface area (TPSA) is 21.9 Å². The fraction of sp³-hybridized carbons (Fsp3) is 0. The van der Waals surface area contributed by atoms with E-state index >= 15 is 0 Å². The Bertz CT molecular complexity index is 2500. The SMILES string of the molecule is c1ccc(-c2ccccc2Nc2cccc3c2c2ccccc2n3-c2ccc3c(c2)c2ccccc2n3-c2ccccc2)cc1. The fourth-order valence-corrected chi connectivity index (χ4v) is 6.96. The number of benzene rings is 7. The van der Waals surface area contributed by atoms with Crippen LogP contribution in [0.25, 0.3) is 66.1 Å². The van der Waals surface area contributed by atoms with Crippen LogP contribution in [0.1, 0.15) is 0 Å². The maximum atomic E-state index is 3.83. The predicted octanol–water partition coefficient (Wildman–Crippen LogP) is 11.3. The quantitative estimate of drug-likeness (QED) is 0.217. The standard InChI is InChI=1S/C42H29N3/c1-3-14-29(15-4-1)32-18-7-10-21-36(32)43-37-22-13-25-41-42(37)34-20-9-12-24-39(34)45(41)31-26-27-40-35(28-31)33-19-8-11-23-38(33)44(40)30-16-5-2-6-17-30/h1-28,43H. The molecule has 0 atom stereocenters. The zero-order chi connectivity index (χ0) is 29.7. The Balaban J connectivity index is 1.26. The van der Waals surface area contributed by atoms with Gasteiger partial charge in [-0.3, -0.25) is 0 Å². The summed E-state index contributed by atoms with van der Waals surface area (Å²) >= 11 is 0. The minimum Gasteiger partial charge on any atom is -0.354 e. The van der Waals surface area contributed by atoms with E-state index in [-0.39, 0.29) is 0 Å². The number of nitrogens with zero attached hydrogens (tertiary/aromatic N) is 2. The molecule has 0 aliphatic carbocycles. The molecule has 9 rings (SSSR count). The van der Waals surface area contributed by atoms with Gasteiger partial charge in [-0.15, -0.1) is 0 Å². The molecule has 7 aromatic carbocycles. The number of aromatic nitrogens is 2. The smallest absolute Gasteiger partial charge is 0.0562 e. The minimum atomic E-state index is 1.09. The first kappa shape index (κ1) is 25.4. The number of hydrogen-bond donors (Lipinski definition) is 1. The molecule has 0 saturated carbocycles. The molecule has 0 unspecified atom stereocenters. The second-order valence-corrected chi connectivity index (χ2v) is 11.5. The summed E-state index contributed by atoms with van der Waals surface area (Å²) in [4.78, 5) is 0. The number of anilines is 2. The summed E-state index contributed by atoms with van der Waals surface area (Å²) in [7, 11) is 0. The molecule has 0 aliphatic rings. The van der Waals surface area contributed by atoms with Crippen LogP contribution in [0.3, 0.4) is 0 Å². The highest BCUT2D eigenvalue weighted by atomic mass is 15.0. The second kappa shape index (κ2) is 10.3. The third kappa shape index (κ3) is 4.05. The largest absolute Gasteiger partial charge is 0.354 e. The molecule has 0 spiro atoms. The molecule has 2 aromatic heterocycles. The molecular formula is C42H29N3. The lowest BCUT2D eigenvalue weighted by Gasteiger charge is -2.14. The summed E-state index contributed by atoms with van der Waals surface area (Å²) in [5.41, 5.74) is 11.6. The van der Waals surface area contributed by atoms with Gasteiger partial charge in [0.15, 0.2) is 0 Å². The van der Waals surface area contributed by atoms with E-state index in [4.69, 9.17) is 0 Å². The van der Waals surface area contributed by atoms with Crippen molar-refractivity contribution in [1.29, 1.82) is 0 Å². The van der Waals surface area contributed by atoms with Crippen LogP contribution in [0.5, 0.6) is 0 Å². The van der Waals surface area contributed by atoms with Crippen molar-refractivity contribution in [2.24, 2.45) is 0 Å². The van der Waals surface area contributed by atoms with Crippen molar-refractivity contribution in [1.82, 2.24) is 9.13 Å². The summed E-state index contributed by atoms with van der Waals surface area (Å²) in [5.74, 6) is 0. The molecule has 0 radical (unpaired) electrons. The predicted molar refractivity (Wildman–Crippen MR) is 190 cm³/mol. The van der Waals surface area contributed by atoms with Crippen molar-refractivity contribution in [2.75, 3.05) is 5.32 Å². The zero-order valence-corrected chi connectivity index (χ0v) is 24.6. The van der Waals surface area contributed by atoms with E-state index in [1.807, 2.05) is 0 Å². The van der Waals surface area contributed by atoms with Crippen molar-refractivity contribution in [3.63, 3.8) is 0 Å². The molecule has 9 aromatic rings. The molecule has 3 nitrogen and oxygen atoms in total. The fourth-order valence-electron chi connectivity index (χ4n) is 6.96. The van der Waals surface area contributed by atoms with Crippen molar-refractivity contribution in [2.45, 2.75) is 0 Å². The van der Waals surface area contributed by atoms with Gasteiger partial charge >= 0.3 is 0 Å². The third-order valence-corrected chi connectivity index (χ3v) is 8.91. The highest BCUT2D eigenvalue weighted by Crippen LogP contribution is 2.40. The first-order valence-electron chi connectivity index (χ1n) is 15.4. The van der Waals surface area contributed by atoms with Crippen LogP contribution in [0.4, 0.5) is 11.4 Å². The van der Waals surface area contributed by atoms with Gasteiger partial charge in [0, 0.05) is 49.9 Å². The van der Waals surface area contributed by atoms with Crippen LogP contribution < -0.4 is 5.32 Å². The van der Waals surface area contributed by atoms with E-state index < -0.39 is 0 Å². The normalized spacial score (nSPS) is 11.6. The molecule has 0 fully saturated rings. The first-order chi connectivity index (χ1) is 22.3. The van der Waals surface area contributed by atoms with Gasteiger partial charge in [0.2, 0.25) is 0 Å². The van der Waals surface area contributed by atoms with Crippen LogP contribution in [-0.2, 0) is 0 Å². The molecule has 0 saturated heterocycles. The van der Waals surface area contributed by atoms with Gasteiger partial charge in [-0.1, -0.05) is 109 Å². The number of nitrogens with one attached hydrogen (secondary N) is 1. The maximum Gasteiger partial charge on any atom is 0.0562 e. The summed E-state index contributed by atoms with van der Waals surface area (Å²) in [5, 5.41) is 8.75. The molecule has 45 heavy (non-hydrogen) atoms. The van der Waals surface area contributed by atoms with E-state index in [1.54, 1.807) is 0 Å². The lowest BCUT2D eigenvalue weighted by atomic mass is 10.0. The van der Waals surface area contributed by atoms with E-state index in [0.29, 0.717) is 0 Å². The Labute approximate surface area is 261 Å². The van der Waals surface area contributed by atoms with Gasteiger partial charge in [-0.2, -0.15) is 0 Å². The lowest BCUT2D eigenvalue weighted by Crippen LogP contribution is -1.96. The van der Waals surface area contributed by atoms with Crippen LogP contribution >= 0.6 is 0 Å². The monoisotopic (exact) mass is 575 g/mol.